The summed E-state index contributed by atoms with van der Waals surface area (Å²) in [5, 5.41) is 2.72. The van der Waals surface area contributed by atoms with E-state index in [-0.39, 0.29) is 0 Å². The van der Waals surface area contributed by atoms with Crippen LogP contribution >= 0.6 is 0 Å². The minimum absolute atomic E-state index is 0.659. The zero-order chi connectivity index (χ0) is 6.81. The molecule has 0 saturated heterocycles. The van der Waals surface area contributed by atoms with Gasteiger partial charge in [0.25, 0.3) is 0 Å². The second kappa shape index (κ2) is 2.14. The molecule has 0 amide bonds. The summed E-state index contributed by atoms with van der Waals surface area (Å²) in [5.74, 6) is 0. The van der Waals surface area contributed by atoms with Crippen molar-refractivity contribution in [3.8, 4) is 0 Å². The van der Waals surface area contributed by atoms with E-state index in [2.05, 4.69) is 17.3 Å². The summed E-state index contributed by atoms with van der Waals surface area (Å²) in [4.78, 5) is 4.99. The third-order valence-corrected chi connectivity index (χ3v) is 1.58. The van der Waals surface area contributed by atoms with Crippen LogP contribution in [0.4, 0.5) is 0 Å². The van der Waals surface area contributed by atoms with Gasteiger partial charge in [-0.25, -0.2) is 0 Å². The van der Waals surface area contributed by atoms with E-state index >= 15 is 0 Å². The van der Waals surface area contributed by atoms with Crippen molar-refractivity contribution in [1.29, 1.82) is 0 Å². The predicted molar refractivity (Wildman–Crippen MR) is 37.4 cm³/mol. The summed E-state index contributed by atoms with van der Waals surface area (Å²) in [6.45, 7) is 0.659. The van der Waals surface area contributed by atoms with Crippen LogP contribution in [-0.2, 0) is 11.4 Å². The highest BCUT2D eigenvalue weighted by Crippen LogP contribution is 2.06. The zero-order valence-electron chi connectivity index (χ0n) is 5.50. The molecule has 0 saturated carbocycles. The van der Waals surface area contributed by atoms with Crippen molar-refractivity contribution in [3.05, 3.63) is 35.4 Å². The van der Waals surface area contributed by atoms with E-state index in [9.17, 15) is 0 Å². The quantitative estimate of drug-likeness (QED) is 0.514. The molecule has 1 aromatic rings. The monoisotopic (exact) mass is 134 g/mol. The molecule has 1 heterocycles. The van der Waals surface area contributed by atoms with Crippen molar-refractivity contribution in [1.82, 2.24) is 0 Å². The highest BCUT2D eigenvalue weighted by molar-refractivity contribution is 5.77. The maximum atomic E-state index is 4.99. The first-order valence-corrected chi connectivity index (χ1v) is 3.25. The number of nitrogens with one attached hydrogen (secondary N) is 1. The third kappa shape index (κ3) is 0.778. The Balaban J connectivity index is 2.54. The van der Waals surface area contributed by atoms with Gasteiger partial charge in [0, 0.05) is 11.1 Å². The van der Waals surface area contributed by atoms with Crippen molar-refractivity contribution in [2.24, 2.45) is 0 Å². The number of hydrogen-bond acceptors (Lipinski definition) is 1. The van der Waals surface area contributed by atoms with Crippen LogP contribution in [0.5, 0.6) is 0 Å². The first kappa shape index (κ1) is 5.47. The van der Waals surface area contributed by atoms with Crippen LogP contribution in [0.25, 0.3) is 0 Å². The van der Waals surface area contributed by atoms with Crippen LogP contribution in [0.15, 0.2) is 24.3 Å². The molecule has 1 aliphatic rings. The van der Waals surface area contributed by atoms with E-state index in [0.29, 0.717) is 6.61 Å². The molecular weight excluding hydrogens is 126 g/mol. The van der Waals surface area contributed by atoms with Crippen LogP contribution < -0.4 is 5.16 Å². The number of benzene rings is 1. The third-order valence-electron chi connectivity index (χ3n) is 1.58. The lowest BCUT2D eigenvalue weighted by Crippen LogP contribution is -2.69. The van der Waals surface area contributed by atoms with Gasteiger partial charge < -0.3 is 0 Å². The molecule has 0 aliphatic carbocycles. The Morgan fingerprint density at radius 1 is 1.30 bits per heavy atom. The molecular formula is C8H8NO+. The Morgan fingerprint density at radius 3 is 3.10 bits per heavy atom. The van der Waals surface area contributed by atoms with Gasteiger partial charge in [0.15, 0.2) is 6.61 Å². The summed E-state index contributed by atoms with van der Waals surface area (Å²) >= 11 is 0. The van der Waals surface area contributed by atoms with Crippen LogP contribution in [0.3, 0.4) is 0 Å². The maximum absolute atomic E-state index is 4.99. The highest BCUT2D eigenvalue weighted by Gasteiger charge is 2.07. The highest BCUT2D eigenvalue weighted by atomic mass is 16.6. The summed E-state index contributed by atoms with van der Waals surface area (Å²) < 4.78 is 0. The number of rotatable bonds is 0. The summed E-state index contributed by atoms with van der Waals surface area (Å²) in [6, 6.07) is 8.15. The van der Waals surface area contributed by atoms with Gasteiger partial charge in [-0.1, -0.05) is 18.2 Å². The van der Waals surface area contributed by atoms with Crippen LogP contribution in [-0.4, -0.2) is 6.21 Å². The average molecular weight is 134 g/mol. The van der Waals surface area contributed by atoms with Gasteiger partial charge in [0.05, 0.1) is 0 Å². The summed E-state index contributed by atoms with van der Waals surface area (Å²) in [5.41, 5.74) is 2.45. The lowest BCUT2D eigenvalue weighted by molar-refractivity contribution is -0.757. The van der Waals surface area contributed by atoms with Crippen LogP contribution in [0.2, 0.25) is 0 Å². The summed E-state index contributed by atoms with van der Waals surface area (Å²) in [7, 11) is 0. The van der Waals surface area contributed by atoms with Crippen LogP contribution in [0.1, 0.15) is 11.1 Å². The molecule has 0 unspecified atom stereocenters. The molecule has 10 heavy (non-hydrogen) atoms. The van der Waals surface area contributed by atoms with Crippen molar-refractivity contribution < 1.29 is 9.99 Å². The molecule has 50 valence electrons. The van der Waals surface area contributed by atoms with Gasteiger partial charge in [-0.15, -0.1) is 0 Å². The number of fused-ring (bicyclic) bond motifs is 1. The lowest BCUT2D eigenvalue weighted by Gasteiger charge is -2.02. The van der Waals surface area contributed by atoms with E-state index in [1.54, 1.807) is 0 Å². The Morgan fingerprint density at radius 2 is 2.20 bits per heavy atom. The fourth-order valence-corrected chi connectivity index (χ4v) is 1.03. The molecule has 0 spiro atoms. The molecule has 1 aromatic carbocycles. The minimum Gasteiger partial charge on any atom is -0.274 e. The second-order valence-corrected chi connectivity index (χ2v) is 2.25. The van der Waals surface area contributed by atoms with E-state index < -0.39 is 0 Å². The minimum atomic E-state index is 0.659. The summed E-state index contributed by atoms with van der Waals surface area (Å²) in [6.07, 6.45) is 1.86. The molecule has 0 aromatic heterocycles. The van der Waals surface area contributed by atoms with Gasteiger partial charge in [0.1, 0.15) is 0 Å². The molecule has 1 N–H and O–H groups in total. The lowest BCUT2D eigenvalue weighted by atomic mass is 10.1. The second-order valence-electron chi connectivity index (χ2n) is 2.25. The first-order valence-electron chi connectivity index (χ1n) is 3.25. The molecule has 0 atom stereocenters. The largest absolute Gasteiger partial charge is 0.274 e. The fraction of sp³-hybridized carbons (Fsp3) is 0.125. The molecule has 2 rings (SSSR count). The van der Waals surface area contributed by atoms with Gasteiger partial charge >= 0.3 is 0 Å². The molecule has 0 radical (unpaired) electrons. The van der Waals surface area contributed by atoms with Crippen molar-refractivity contribution >= 4 is 6.21 Å². The fourth-order valence-electron chi connectivity index (χ4n) is 1.03. The maximum Gasteiger partial charge on any atom is 0.220 e. The van der Waals surface area contributed by atoms with Gasteiger partial charge in [-0.3, -0.25) is 4.84 Å². The van der Waals surface area contributed by atoms with E-state index in [1.807, 2.05) is 18.3 Å². The Bertz CT molecular complexity index is 268. The smallest absolute Gasteiger partial charge is 0.220 e. The van der Waals surface area contributed by atoms with Crippen molar-refractivity contribution in [2.75, 3.05) is 0 Å². The van der Waals surface area contributed by atoms with Gasteiger partial charge in [-0.2, -0.15) is 0 Å². The van der Waals surface area contributed by atoms with Crippen molar-refractivity contribution in [2.45, 2.75) is 6.61 Å². The standard InChI is InChI=1S/C8H7NO/c1-2-4-8-6-10-9-5-7(8)3-1/h1-5H,6H2/p+1. The number of hydrogen-bond donors (Lipinski definition) is 1. The van der Waals surface area contributed by atoms with E-state index in [0.717, 1.165) is 0 Å². The SMILES string of the molecule is C1=[NH+]OCc2ccccc21. The van der Waals surface area contributed by atoms with Crippen LogP contribution in [0, 0.1) is 0 Å². The molecule has 2 nitrogen and oxygen atoms in total. The topological polar surface area (TPSA) is 23.2 Å². The normalized spacial score (nSPS) is 14.0. The Labute approximate surface area is 59.1 Å². The van der Waals surface area contributed by atoms with Gasteiger partial charge in [-0.05, 0) is 11.2 Å². The molecule has 0 bridgehead atoms. The predicted octanol–water partition coefficient (Wildman–Crippen LogP) is -0.369. The average Bonchev–Trinajstić information content (AvgIpc) is 2.05. The first-order chi connectivity index (χ1) is 4.97. The van der Waals surface area contributed by atoms with Gasteiger partial charge in [0.2, 0.25) is 6.21 Å². The zero-order valence-corrected chi connectivity index (χ0v) is 5.50. The van der Waals surface area contributed by atoms with E-state index in [4.69, 9.17) is 4.84 Å². The molecule has 0 fully saturated rings. The molecule has 2 heteroatoms. The Hall–Kier alpha value is -1.31. The van der Waals surface area contributed by atoms with E-state index in [1.165, 1.54) is 11.1 Å². The molecule has 1 aliphatic heterocycles. The Kier molecular flexibility index (Phi) is 1.17. The van der Waals surface area contributed by atoms with Crippen molar-refractivity contribution in [3.63, 3.8) is 0 Å².